The number of hydrogen-bond acceptors (Lipinski definition) is 9. The van der Waals surface area contributed by atoms with Crippen LogP contribution in [-0.4, -0.2) is 5.78 Å². The number of carbonyl (C=O) groups excluding carboxylic acids is 1. The molecule has 10 heteroatoms. The maximum Gasteiger partial charge on any atom is 0.175 e. The fourth-order valence-corrected chi connectivity index (χ4v) is 19.9. The van der Waals surface area contributed by atoms with Gasteiger partial charge in [-0.1, -0.05) is 125 Å². The van der Waals surface area contributed by atoms with Gasteiger partial charge in [0.2, 0.25) is 0 Å². The van der Waals surface area contributed by atoms with Gasteiger partial charge in [0.15, 0.2) is 11.6 Å². The maximum atomic E-state index is 16.5. The van der Waals surface area contributed by atoms with Gasteiger partial charge in [-0.05, 0) is 106 Å². The van der Waals surface area contributed by atoms with Crippen molar-refractivity contribution in [3.05, 3.63) is 90.9 Å². The predicted molar refractivity (Wildman–Crippen MR) is 320 cm³/mol. The highest BCUT2D eigenvalue weighted by molar-refractivity contribution is 7.32. The molecule has 1 nitrogen and oxygen atoms in total. The van der Waals surface area contributed by atoms with Gasteiger partial charge < -0.3 is 0 Å². The molecule has 9 rings (SSSR count). The Morgan fingerprint density at radius 2 is 1.00 bits per heavy atom. The summed E-state index contributed by atoms with van der Waals surface area (Å²) < 4.78 is 20.0. The molecule has 0 radical (unpaired) electrons. The molecular formula is C60H69FOS8. The lowest BCUT2D eigenvalue weighted by Gasteiger charge is -2.12. The summed E-state index contributed by atoms with van der Waals surface area (Å²) in [6.45, 7) is 15.8. The Kier molecular flexibility index (Phi) is 17.9. The largest absolute Gasteiger partial charge is 0.293 e. The van der Waals surface area contributed by atoms with E-state index in [1.165, 1.54) is 176 Å². The average Bonchev–Trinajstić information content (AvgIpc) is 4.21. The zero-order valence-electron chi connectivity index (χ0n) is 42.2. The van der Waals surface area contributed by atoms with Gasteiger partial charge in [-0.25, -0.2) is 4.39 Å². The van der Waals surface area contributed by atoms with E-state index in [0.29, 0.717) is 16.7 Å². The van der Waals surface area contributed by atoms with Gasteiger partial charge in [-0.3, -0.25) is 4.79 Å². The van der Waals surface area contributed by atoms with Crippen LogP contribution in [0.3, 0.4) is 0 Å². The number of benzene rings is 1. The number of carbonyl (C=O) groups is 1. The van der Waals surface area contributed by atoms with Gasteiger partial charge in [-0.15, -0.1) is 90.7 Å². The van der Waals surface area contributed by atoms with Gasteiger partial charge >= 0.3 is 0 Å². The monoisotopic (exact) mass is 1080 g/mol. The molecule has 70 heavy (non-hydrogen) atoms. The average molecular weight is 1080 g/mol. The normalized spacial score (nSPS) is 13.0. The second-order valence-corrected chi connectivity index (χ2v) is 28.6. The quantitative estimate of drug-likeness (QED) is 0.0390. The van der Waals surface area contributed by atoms with Gasteiger partial charge in [0.05, 0.1) is 9.58 Å². The summed E-state index contributed by atoms with van der Waals surface area (Å²) in [4.78, 5) is 29.5. The molecule has 0 spiro atoms. The van der Waals surface area contributed by atoms with E-state index in [1.807, 2.05) is 74.9 Å². The fraction of sp³-hybridized carbons (Fsp3) is 0.450. The lowest BCUT2D eigenvalue weighted by molar-refractivity contribution is 0.0979. The molecule has 8 heterocycles. The molecule has 9 aromatic rings. The number of halogens is 1. The zero-order chi connectivity index (χ0) is 48.9. The molecule has 370 valence electrons. The van der Waals surface area contributed by atoms with Crippen molar-refractivity contribution < 1.29 is 9.18 Å². The second kappa shape index (κ2) is 24.0. The predicted octanol–water partition coefficient (Wildman–Crippen LogP) is 23.6. The minimum absolute atomic E-state index is 0.0415. The molecule has 0 aliphatic heterocycles. The van der Waals surface area contributed by atoms with Crippen LogP contribution >= 0.6 is 90.7 Å². The molecule has 2 atom stereocenters. The van der Waals surface area contributed by atoms with Crippen molar-refractivity contribution in [1.29, 1.82) is 0 Å². The summed E-state index contributed by atoms with van der Waals surface area (Å²) in [5, 5.41) is 3.23. The lowest BCUT2D eigenvalue weighted by Crippen LogP contribution is -2.01. The molecule has 0 aliphatic rings. The van der Waals surface area contributed by atoms with E-state index in [9.17, 15) is 4.79 Å². The fourth-order valence-electron chi connectivity index (χ4n) is 10.2. The van der Waals surface area contributed by atoms with Crippen molar-refractivity contribution in [2.24, 2.45) is 11.8 Å². The van der Waals surface area contributed by atoms with E-state index < -0.39 is 0 Å². The van der Waals surface area contributed by atoms with Crippen LogP contribution in [0.2, 0.25) is 0 Å². The highest BCUT2D eigenvalue weighted by atomic mass is 32.1. The van der Waals surface area contributed by atoms with Crippen LogP contribution in [0.25, 0.3) is 80.4 Å². The number of ketones is 1. The topological polar surface area (TPSA) is 17.1 Å². The Labute approximate surface area is 448 Å². The van der Waals surface area contributed by atoms with E-state index in [0.717, 1.165) is 50.4 Å². The minimum Gasteiger partial charge on any atom is -0.293 e. The molecule has 0 amide bonds. The van der Waals surface area contributed by atoms with Crippen LogP contribution in [0.15, 0.2) is 60.7 Å². The van der Waals surface area contributed by atoms with E-state index in [-0.39, 0.29) is 11.6 Å². The lowest BCUT2D eigenvalue weighted by atomic mass is 9.95. The summed E-state index contributed by atoms with van der Waals surface area (Å²) in [6, 6.07) is 23.7. The molecule has 2 unspecified atom stereocenters. The molecule has 0 saturated carbocycles. The third-order valence-electron chi connectivity index (χ3n) is 14.3. The number of hydrogen-bond donors (Lipinski definition) is 0. The molecule has 0 aliphatic carbocycles. The Morgan fingerprint density at radius 1 is 0.500 bits per heavy atom. The molecule has 0 fully saturated rings. The van der Waals surface area contributed by atoms with Crippen LogP contribution in [0.5, 0.6) is 0 Å². The Morgan fingerprint density at radius 3 is 1.57 bits per heavy atom. The zero-order valence-corrected chi connectivity index (χ0v) is 48.7. The van der Waals surface area contributed by atoms with Gasteiger partial charge in [0.1, 0.15) is 4.88 Å². The van der Waals surface area contributed by atoms with Crippen LogP contribution in [0.4, 0.5) is 4.39 Å². The van der Waals surface area contributed by atoms with E-state index >= 15 is 4.39 Å². The Hall–Kier alpha value is -2.80. The first-order valence-electron chi connectivity index (χ1n) is 26.3. The number of aryl methyl sites for hydroxylation is 2. The van der Waals surface area contributed by atoms with Gasteiger partial charge in [0, 0.05) is 96.8 Å². The standard InChI is InChI=1S/C60H69FOS8/c1-8-13-16-17-18-19-20-23-44(62)58-55(61)52-37(7)64-59(60(52)70-58)51-35-43-54(50-31-29-48(68-50)46-27-25-41(66-46)34-39(12-5)22-15-10-3)56-42(32-36(6)63-56)53(57(43)69-51)49-30-28-47(67-49)45-26-24-40(65-45)33-38(11-4)21-14-9-2/h24-32,35,38-39H,8-23,33-34H2,1-7H3. The summed E-state index contributed by atoms with van der Waals surface area (Å²) in [5.41, 5.74) is 2.63. The SMILES string of the molecule is CCCCCCCCCC(=O)c1sc2c(-c3cc4c(-c5ccc(-c6ccc(CC(CC)CCCC)s6)s5)c5sc(C)cc5c(-c5ccc(-c6ccc(CC(CC)CCCC)s6)s5)c4s3)sc(C)c2c1F. The van der Waals surface area contributed by atoms with Crippen molar-refractivity contribution in [2.45, 2.75) is 164 Å². The Balaban J connectivity index is 1.12. The third kappa shape index (κ3) is 11.3. The number of Topliss-reactive ketones (excluding diaryl/α,β-unsaturated/α-hetero) is 1. The molecule has 8 aromatic heterocycles. The van der Waals surface area contributed by atoms with Crippen molar-refractivity contribution in [3.63, 3.8) is 0 Å². The van der Waals surface area contributed by atoms with E-state index in [1.54, 1.807) is 11.3 Å². The first-order chi connectivity index (χ1) is 34.1. The highest BCUT2D eigenvalue weighted by Gasteiger charge is 2.28. The number of unbranched alkanes of at least 4 members (excludes halogenated alkanes) is 8. The van der Waals surface area contributed by atoms with E-state index in [2.05, 4.69) is 102 Å². The maximum absolute atomic E-state index is 16.5. The summed E-state index contributed by atoms with van der Waals surface area (Å²) in [5.74, 6) is 1.14. The third-order valence-corrected chi connectivity index (χ3v) is 24.0. The van der Waals surface area contributed by atoms with Crippen molar-refractivity contribution in [3.8, 4) is 50.1 Å². The van der Waals surface area contributed by atoms with Crippen LogP contribution in [0, 0.1) is 31.5 Å². The van der Waals surface area contributed by atoms with Crippen molar-refractivity contribution in [1.82, 2.24) is 0 Å². The smallest absolute Gasteiger partial charge is 0.175 e. The van der Waals surface area contributed by atoms with Crippen molar-refractivity contribution in [2.75, 3.05) is 0 Å². The van der Waals surface area contributed by atoms with Crippen molar-refractivity contribution >= 4 is 127 Å². The van der Waals surface area contributed by atoms with Crippen LogP contribution in [0.1, 0.15) is 167 Å². The van der Waals surface area contributed by atoms with Crippen LogP contribution in [-0.2, 0) is 12.8 Å². The second-order valence-electron chi connectivity index (χ2n) is 19.5. The first-order valence-corrected chi connectivity index (χ1v) is 32.8. The van der Waals surface area contributed by atoms with E-state index in [4.69, 9.17) is 0 Å². The molecule has 0 saturated heterocycles. The number of fused-ring (bicyclic) bond motifs is 3. The minimum atomic E-state index is -0.311. The molecular weight excluding hydrogens is 1010 g/mol. The molecule has 0 bridgehead atoms. The number of thiophene rings is 8. The van der Waals surface area contributed by atoms with Gasteiger partial charge in [-0.2, -0.15) is 0 Å². The Bertz CT molecular complexity index is 3020. The van der Waals surface area contributed by atoms with Crippen LogP contribution < -0.4 is 0 Å². The first kappa shape index (κ1) is 52.1. The number of rotatable bonds is 26. The van der Waals surface area contributed by atoms with Gasteiger partial charge in [0.25, 0.3) is 0 Å². The molecule has 0 N–H and O–H groups in total. The summed E-state index contributed by atoms with van der Waals surface area (Å²) in [6.07, 6.45) is 21.0. The summed E-state index contributed by atoms with van der Waals surface area (Å²) in [7, 11) is 0. The highest BCUT2D eigenvalue weighted by Crippen LogP contribution is 2.56. The molecule has 1 aromatic carbocycles. The summed E-state index contributed by atoms with van der Waals surface area (Å²) >= 11 is 14.6.